The molecule has 0 aromatic heterocycles. The van der Waals surface area contributed by atoms with Gasteiger partial charge in [0.05, 0.1) is 12.1 Å². The van der Waals surface area contributed by atoms with Crippen molar-refractivity contribution in [1.29, 1.82) is 5.41 Å². The standard InChI is InChI=1S/C25H26N4O/c1-25(29-14-13-28-23(30)17-29,22-12-6-10-20(16-22)24(26)27)21-11-5-9-19(15-21)18-7-3-2-4-8-18/h2-12,15-16H,13-14,17H2,1H3,(H3,26,27)(H,28,30). The molecular formula is C25H26N4O. The maximum Gasteiger partial charge on any atom is 0.234 e. The molecule has 0 spiro atoms. The average molecular weight is 399 g/mol. The van der Waals surface area contributed by atoms with Crippen LogP contribution in [0.25, 0.3) is 11.1 Å². The van der Waals surface area contributed by atoms with Gasteiger partial charge in [0.2, 0.25) is 5.91 Å². The van der Waals surface area contributed by atoms with E-state index in [2.05, 4.69) is 53.5 Å². The Morgan fingerprint density at radius 1 is 0.967 bits per heavy atom. The number of carbonyl (C=O) groups is 1. The number of rotatable bonds is 5. The molecular weight excluding hydrogens is 372 g/mol. The van der Waals surface area contributed by atoms with Gasteiger partial charge in [-0.1, -0.05) is 66.7 Å². The van der Waals surface area contributed by atoms with Crippen molar-refractivity contribution in [3.8, 4) is 11.1 Å². The van der Waals surface area contributed by atoms with Crippen LogP contribution < -0.4 is 11.1 Å². The lowest BCUT2D eigenvalue weighted by molar-refractivity contribution is -0.125. The number of nitrogens with two attached hydrogens (primary N) is 1. The van der Waals surface area contributed by atoms with Gasteiger partial charge in [0, 0.05) is 18.7 Å². The van der Waals surface area contributed by atoms with Gasteiger partial charge in [0.25, 0.3) is 0 Å². The van der Waals surface area contributed by atoms with Crippen LogP contribution in [-0.2, 0) is 10.3 Å². The van der Waals surface area contributed by atoms with E-state index in [4.69, 9.17) is 11.1 Å². The number of piperazine rings is 1. The number of nitrogens with zero attached hydrogens (tertiary/aromatic N) is 1. The number of benzene rings is 3. The summed E-state index contributed by atoms with van der Waals surface area (Å²) in [6, 6.07) is 26.5. The molecule has 1 atom stereocenters. The van der Waals surface area contributed by atoms with Gasteiger partial charge >= 0.3 is 0 Å². The van der Waals surface area contributed by atoms with Gasteiger partial charge in [-0.25, -0.2) is 0 Å². The smallest absolute Gasteiger partial charge is 0.234 e. The molecule has 5 heteroatoms. The molecule has 1 fully saturated rings. The molecule has 30 heavy (non-hydrogen) atoms. The molecule has 3 aromatic rings. The van der Waals surface area contributed by atoms with E-state index in [0.717, 1.165) is 28.8 Å². The highest BCUT2D eigenvalue weighted by Crippen LogP contribution is 2.38. The second-order valence-corrected chi connectivity index (χ2v) is 7.79. The second kappa shape index (κ2) is 8.13. The van der Waals surface area contributed by atoms with E-state index in [1.54, 1.807) is 0 Å². The molecule has 152 valence electrons. The molecule has 4 N–H and O–H groups in total. The van der Waals surface area contributed by atoms with Crippen molar-refractivity contribution >= 4 is 11.7 Å². The van der Waals surface area contributed by atoms with Gasteiger partial charge in [-0.2, -0.15) is 0 Å². The van der Waals surface area contributed by atoms with Gasteiger partial charge in [-0.05, 0) is 41.3 Å². The summed E-state index contributed by atoms with van der Waals surface area (Å²) in [6.45, 7) is 3.81. The van der Waals surface area contributed by atoms with E-state index in [-0.39, 0.29) is 11.7 Å². The van der Waals surface area contributed by atoms with Crippen LogP contribution in [0.5, 0.6) is 0 Å². The van der Waals surface area contributed by atoms with Gasteiger partial charge in [-0.15, -0.1) is 0 Å². The summed E-state index contributed by atoms with van der Waals surface area (Å²) in [5, 5.41) is 10.8. The highest BCUT2D eigenvalue weighted by Gasteiger charge is 2.38. The molecule has 1 amide bonds. The Hall–Kier alpha value is -3.44. The zero-order chi connectivity index (χ0) is 21.1. The zero-order valence-corrected chi connectivity index (χ0v) is 17.1. The van der Waals surface area contributed by atoms with Crippen LogP contribution in [0, 0.1) is 5.41 Å². The number of nitrogens with one attached hydrogen (secondary N) is 2. The second-order valence-electron chi connectivity index (χ2n) is 7.79. The summed E-state index contributed by atoms with van der Waals surface area (Å²) in [5.41, 5.74) is 10.3. The van der Waals surface area contributed by atoms with E-state index >= 15 is 0 Å². The van der Waals surface area contributed by atoms with Crippen molar-refractivity contribution < 1.29 is 4.79 Å². The molecule has 4 rings (SSSR count). The first kappa shape index (κ1) is 19.9. The number of amides is 1. The molecule has 0 saturated carbocycles. The van der Waals surface area contributed by atoms with Gasteiger partial charge in [0.15, 0.2) is 0 Å². The normalized spacial score (nSPS) is 16.5. The van der Waals surface area contributed by atoms with E-state index in [1.165, 1.54) is 0 Å². The molecule has 0 radical (unpaired) electrons. The van der Waals surface area contributed by atoms with Gasteiger partial charge in [-0.3, -0.25) is 15.1 Å². The van der Waals surface area contributed by atoms with Crippen LogP contribution in [0.3, 0.4) is 0 Å². The van der Waals surface area contributed by atoms with E-state index < -0.39 is 5.54 Å². The Bertz CT molecular complexity index is 1080. The maximum atomic E-state index is 12.2. The fraction of sp³-hybridized carbons (Fsp3) is 0.200. The SMILES string of the molecule is CC(c1cccc(C(=N)N)c1)(c1cccc(-c2ccccc2)c1)N1CCNC(=O)C1. The van der Waals surface area contributed by atoms with E-state index in [0.29, 0.717) is 18.7 Å². The number of hydrogen-bond donors (Lipinski definition) is 3. The minimum Gasteiger partial charge on any atom is -0.384 e. The van der Waals surface area contributed by atoms with Crippen molar-refractivity contribution in [3.05, 3.63) is 95.6 Å². The van der Waals surface area contributed by atoms with Crippen LogP contribution in [-0.4, -0.2) is 36.3 Å². The van der Waals surface area contributed by atoms with Gasteiger partial charge < -0.3 is 11.1 Å². The highest BCUT2D eigenvalue weighted by atomic mass is 16.2. The lowest BCUT2D eigenvalue weighted by atomic mass is 9.80. The summed E-state index contributed by atoms with van der Waals surface area (Å²) < 4.78 is 0. The quantitative estimate of drug-likeness (QED) is 0.455. The van der Waals surface area contributed by atoms with Crippen molar-refractivity contribution in [2.45, 2.75) is 12.5 Å². The summed E-state index contributed by atoms with van der Waals surface area (Å²) in [5.74, 6) is 0.0584. The van der Waals surface area contributed by atoms with Crippen molar-refractivity contribution in [3.63, 3.8) is 0 Å². The molecule has 3 aromatic carbocycles. The Morgan fingerprint density at radius 2 is 1.63 bits per heavy atom. The number of carbonyl (C=O) groups excluding carboxylic acids is 1. The summed E-state index contributed by atoms with van der Waals surface area (Å²) >= 11 is 0. The average Bonchev–Trinajstić information content (AvgIpc) is 2.79. The first-order chi connectivity index (χ1) is 14.5. The fourth-order valence-electron chi connectivity index (χ4n) is 4.17. The first-order valence-electron chi connectivity index (χ1n) is 10.1. The molecule has 1 saturated heterocycles. The Labute approximate surface area is 177 Å². The molecule has 1 heterocycles. The lowest BCUT2D eigenvalue weighted by Gasteiger charge is -2.44. The third kappa shape index (κ3) is 3.72. The van der Waals surface area contributed by atoms with Crippen LogP contribution in [0.15, 0.2) is 78.9 Å². The molecule has 5 nitrogen and oxygen atoms in total. The molecule has 1 aliphatic rings. The van der Waals surface area contributed by atoms with Crippen LogP contribution in [0.4, 0.5) is 0 Å². The van der Waals surface area contributed by atoms with Crippen molar-refractivity contribution in [2.75, 3.05) is 19.6 Å². The van der Waals surface area contributed by atoms with Crippen LogP contribution in [0.2, 0.25) is 0 Å². The van der Waals surface area contributed by atoms with Crippen molar-refractivity contribution in [1.82, 2.24) is 10.2 Å². The topological polar surface area (TPSA) is 82.2 Å². The predicted octanol–water partition coefficient (Wildman–Crippen LogP) is 3.33. The summed E-state index contributed by atoms with van der Waals surface area (Å²) in [6.07, 6.45) is 0. The molecule has 1 aliphatic heterocycles. The zero-order valence-electron chi connectivity index (χ0n) is 17.1. The lowest BCUT2D eigenvalue weighted by Crippen LogP contribution is -2.56. The summed E-state index contributed by atoms with van der Waals surface area (Å²) in [7, 11) is 0. The predicted molar refractivity (Wildman–Crippen MR) is 120 cm³/mol. The number of hydrogen-bond acceptors (Lipinski definition) is 3. The largest absolute Gasteiger partial charge is 0.384 e. The minimum absolute atomic E-state index is 0.0226. The van der Waals surface area contributed by atoms with Crippen LogP contribution in [0.1, 0.15) is 23.6 Å². The van der Waals surface area contributed by atoms with Crippen molar-refractivity contribution in [2.24, 2.45) is 5.73 Å². The monoisotopic (exact) mass is 398 g/mol. The Balaban J connectivity index is 1.87. The van der Waals surface area contributed by atoms with Gasteiger partial charge in [0.1, 0.15) is 5.84 Å². The highest BCUT2D eigenvalue weighted by molar-refractivity contribution is 5.95. The minimum atomic E-state index is -0.548. The number of nitrogen functional groups attached to an aromatic ring is 1. The molecule has 0 aliphatic carbocycles. The Morgan fingerprint density at radius 3 is 2.33 bits per heavy atom. The van der Waals surface area contributed by atoms with Crippen LogP contribution >= 0.6 is 0 Å². The third-order valence-corrected chi connectivity index (χ3v) is 5.94. The van der Waals surface area contributed by atoms with E-state index in [1.807, 2.05) is 42.5 Å². The fourth-order valence-corrected chi connectivity index (χ4v) is 4.17. The van der Waals surface area contributed by atoms with E-state index in [9.17, 15) is 4.79 Å². The summed E-state index contributed by atoms with van der Waals surface area (Å²) in [4.78, 5) is 14.4. The molecule has 1 unspecified atom stereocenters. The Kier molecular flexibility index (Phi) is 5.38. The third-order valence-electron chi connectivity index (χ3n) is 5.94. The first-order valence-corrected chi connectivity index (χ1v) is 10.1. The molecule has 0 bridgehead atoms. The maximum absolute atomic E-state index is 12.2. The number of amidine groups is 1.